The third-order valence-corrected chi connectivity index (χ3v) is 6.16. The van der Waals surface area contributed by atoms with E-state index in [0.29, 0.717) is 0 Å². The molecule has 0 amide bonds. The fourth-order valence-electron chi connectivity index (χ4n) is 3.64. The minimum absolute atomic E-state index is 1.12. The molecule has 5 aromatic rings. The molecular weight excluding hydrogens is 358 g/mol. The Kier molecular flexibility index (Phi) is 4.19. The molecule has 0 bridgehead atoms. The molecule has 5 rings (SSSR count). The van der Waals surface area contributed by atoms with Crippen molar-refractivity contribution in [3.8, 4) is 0 Å². The SMILES string of the molecule is C=Cc1ccc(N(c2ccccc2)c2ccc3c(c2)sc2ccccc23)cc1. The van der Waals surface area contributed by atoms with Gasteiger partial charge in [0.2, 0.25) is 0 Å². The lowest BCUT2D eigenvalue weighted by molar-refractivity contribution is 1.29. The van der Waals surface area contributed by atoms with E-state index in [0.717, 1.165) is 22.6 Å². The third kappa shape index (κ3) is 2.88. The first-order chi connectivity index (χ1) is 13.8. The van der Waals surface area contributed by atoms with Gasteiger partial charge in [-0.2, -0.15) is 0 Å². The van der Waals surface area contributed by atoms with Crippen molar-refractivity contribution >= 4 is 54.6 Å². The number of hydrogen-bond donors (Lipinski definition) is 0. The second-order valence-corrected chi connectivity index (χ2v) is 7.83. The maximum absolute atomic E-state index is 3.86. The number of nitrogens with zero attached hydrogens (tertiary/aromatic N) is 1. The second kappa shape index (κ2) is 6.99. The molecule has 0 aliphatic rings. The number of hydrogen-bond acceptors (Lipinski definition) is 2. The van der Waals surface area contributed by atoms with Gasteiger partial charge in [0.25, 0.3) is 0 Å². The molecule has 0 spiro atoms. The van der Waals surface area contributed by atoms with E-state index in [1.165, 1.54) is 20.2 Å². The first-order valence-electron chi connectivity index (χ1n) is 9.32. The normalized spacial score (nSPS) is 11.0. The van der Waals surface area contributed by atoms with Crippen LogP contribution in [0, 0.1) is 0 Å². The Morgan fingerprint density at radius 2 is 1.25 bits per heavy atom. The molecule has 1 heterocycles. The van der Waals surface area contributed by atoms with E-state index in [2.05, 4.69) is 109 Å². The summed E-state index contributed by atoms with van der Waals surface area (Å²) in [5.41, 5.74) is 4.57. The zero-order chi connectivity index (χ0) is 18.9. The van der Waals surface area contributed by atoms with Gasteiger partial charge in [0, 0.05) is 37.2 Å². The minimum Gasteiger partial charge on any atom is -0.310 e. The zero-order valence-electron chi connectivity index (χ0n) is 15.4. The summed E-state index contributed by atoms with van der Waals surface area (Å²) in [6.07, 6.45) is 1.87. The predicted molar refractivity (Wildman–Crippen MR) is 124 cm³/mol. The van der Waals surface area contributed by atoms with Crippen LogP contribution in [0.4, 0.5) is 17.1 Å². The predicted octanol–water partition coefficient (Wildman–Crippen LogP) is 8.17. The van der Waals surface area contributed by atoms with Gasteiger partial charge in [-0.1, -0.05) is 67.3 Å². The molecule has 134 valence electrons. The maximum atomic E-state index is 3.86. The number of fused-ring (bicyclic) bond motifs is 3. The number of thiophene rings is 1. The van der Waals surface area contributed by atoms with E-state index in [-0.39, 0.29) is 0 Å². The van der Waals surface area contributed by atoms with Crippen LogP contribution < -0.4 is 4.90 Å². The van der Waals surface area contributed by atoms with E-state index in [9.17, 15) is 0 Å². The molecule has 0 atom stereocenters. The summed E-state index contributed by atoms with van der Waals surface area (Å²) in [5, 5.41) is 2.65. The molecule has 2 heteroatoms. The van der Waals surface area contributed by atoms with Crippen LogP contribution in [0.15, 0.2) is 104 Å². The van der Waals surface area contributed by atoms with Gasteiger partial charge in [-0.05, 0) is 48.0 Å². The lowest BCUT2D eigenvalue weighted by Crippen LogP contribution is -2.09. The Balaban J connectivity index is 1.69. The summed E-state index contributed by atoms with van der Waals surface area (Å²) in [6.45, 7) is 3.86. The molecule has 0 aliphatic heterocycles. The molecule has 0 aliphatic carbocycles. The number of rotatable bonds is 4. The van der Waals surface area contributed by atoms with Gasteiger partial charge < -0.3 is 4.90 Å². The summed E-state index contributed by atoms with van der Waals surface area (Å²) >= 11 is 1.85. The van der Waals surface area contributed by atoms with Crippen molar-refractivity contribution in [3.05, 3.63) is 109 Å². The standard InChI is InChI=1S/C26H19NS/c1-2-19-12-14-21(15-13-19)27(20-8-4-3-5-9-20)22-16-17-24-23-10-6-7-11-25(23)28-26(24)18-22/h2-18H,1H2. The summed E-state index contributed by atoms with van der Waals surface area (Å²) in [5.74, 6) is 0. The first kappa shape index (κ1) is 16.8. The van der Waals surface area contributed by atoms with Crippen LogP contribution in [-0.2, 0) is 0 Å². The highest BCUT2D eigenvalue weighted by Gasteiger charge is 2.14. The van der Waals surface area contributed by atoms with Gasteiger partial charge in [-0.3, -0.25) is 0 Å². The van der Waals surface area contributed by atoms with Crippen LogP contribution in [0.3, 0.4) is 0 Å². The van der Waals surface area contributed by atoms with Crippen LogP contribution in [0.2, 0.25) is 0 Å². The van der Waals surface area contributed by atoms with Crippen molar-refractivity contribution in [3.63, 3.8) is 0 Å². The second-order valence-electron chi connectivity index (χ2n) is 6.75. The van der Waals surface area contributed by atoms with E-state index >= 15 is 0 Å². The smallest absolute Gasteiger partial charge is 0.0476 e. The van der Waals surface area contributed by atoms with Gasteiger partial charge in [0.1, 0.15) is 0 Å². The Labute approximate surface area is 168 Å². The summed E-state index contributed by atoms with van der Waals surface area (Å²) < 4.78 is 2.64. The summed E-state index contributed by atoms with van der Waals surface area (Å²) in [4.78, 5) is 2.30. The molecule has 1 nitrogen and oxygen atoms in total. The van der Waals surface area contributed by atoms with Crippen molar-refractivity contribution in [1.29, 1.82) is 0 Å². The summed E-state index contributed by atoms with van der Waals surface area (Å²) in [7, 11) is 0. The molecule has 0 saturated heterocycles. The number of benzene rings is 4. The highest BCUT2D eigenvalue weighted by molar-refractivity contribution is 7.25. The van der Waals surface area contributed by atoms with Crippen LogP contribution in [0.5, 0.6) is 0 Å². The maximum Gasteiger partial charge on any atom is 0.0476 e. The van der Waals surface area contributed by atoms with Crippen LogP contribution in [0.25, 0.3) is 26.2 Å². The van der Waals surface area contributed by atoms with Crippen molar-refractivity contribution in [2.45, 2.75) is 0 Å². The van der Waals surface area contributed by atoms with Gasteiger partial charge in [-0.25, -0.2) is 0 Å². The number of para-hydroxylation sites is 1. The quantitative estimate of drug-likeness (QED) is 0.305. The third-order valence-electron chi connectivity index (χ3n) is 5.02. The van der Waals surface area contributed by atoms with Crippen LogP contribution in [-0.4, -0.2) is 0 Å². The van der Waals surface area contributed by atoms with E-state index in [1.807, 2.05) is 17.4 Å². The van der Waals surface area contributed by atoms with E-state index in [1.54, 1.807) is 0 Å². The fourth-order valence-corrected chi connectivity index (χ4v) is 4.78. The van der Waals surface area contributed by atoms with Crippen LogP contribution >= 0.6 is 11.3 Å². The van der Waals surface area contributed by atoms with Crippen molar-refractivity contribution in [2.75, 3.05) is 4.90 Å². The summed E-state index contributed by atoms with van der Waals surface area (Å²) in [6, 6.07) is 34.4. The molecule has 0 fully saturated rings. The Hall–Kier alpha value is -3.36. The van der Waals surface area contributed by atoms with Gasteiger partial charge in [0.05, 0.1) is 0 Å². The molecule has 0 radical (unpaired) electrons. The monoisotopic (exact) mass is 377 g/mol. The van der Waals surface area contributed by atoms with Crippen molar-refractivity contribution in [1.82, 2.24) is 0 Å². The van der Waals surface area contributed by atoms with E-state index < -0.39 is 0 Å². The zero-order valence-corrected chi connectivity index (χ0v) is 16.2. The molecule has 0 N–H and O–H groups in total. The topological polar surface area (TPSA) is 3.24 Å². The highest BCUT2D eigenvalue weighted by Crippen LogP contribution is 2.40. The average molecular weight is 378 g/mol. The Morgan fingerprint density at radius 1 is 0.607 bits per heavy atom. The molecule has 1 aromatic heterocycles. The van der Waals surface area contributed by atoms with Crippen molar-refractivity contribution in [2.24, 2.45) is 0 Å². The van der Waals surface area contributed by atoms with Crippen molar-refractivity contribution < 1.29 is 0 Å². The van der Waals surface area contributed by atoms with Gasteiger partial charge in [0.15, 0.2) is 0 Å². The first-order valence-corrected chi connectivity index (χ1v) is 10.1. The number of anilines is 3. The fraction of sp³-hybridized carbons (Fsp3) is 0. The molecule has 0 unspecified atom stereocenters. The lowest BCUT2D eigenvalue weighted by atomic mass is 10.1. The average Bonchev–Trinajstić information content (AvgIpc) is 3.13. The highest BCUT2D eigenvalue weighted by atomic mass is 32.1. The largest absolute Gasteiger partial charge is 0.310 e. The Morgan fingerprint density at radius 3 is 2.04 bits per heavy atom. The molecule has 0 saturated carbocycles. The van der Waals surface area contributed by atoms with Crippen LogP contribution in [0.1, 0.15) is 5.56 Å². The van der Waals surface area contributed by atoms with Gasteiger partial charge in [-0.15, -0.1) is 11.3 Å². The minimum atomic E-state index is 1.12. The van der Waals surface area contributed by atoms with E-state index in [4.69, 9.17) is 0 Å². The van der Waals surface area contributed by atoms with Gasteiger partial charge >= 0.3 is 0 Å². The molecule has 28 heavy (non-hydrogen) atoms. The molecular formula is C26H19NS. The Bertz CT molecular complexity index is 1270. The lowest BCUT2D eigenvalue weighted by Gasteiger charge is -2.25. The molecule has 4 aromatic carbocycles.